The predicted molar refractivity (Wildman–Crippen MR) is 120 cm³/mol. The van der Waals surface area contributed by atoms with Crippen LogP contribution in [0.3, 0.4) is 0 Å². The van der Waals surface area contributed by atoms with E-state index in [4.69, 9.17) is 16.3 Å². The van der Waals surface area contributed by atoms with Crippen LogP contribution in [0.15, 0.2) is 65.8 Å². The maximum absolute atomic E-state index is 13.2. The third-order valence-electron chi connectivity index (χ3n) is 5.31. The van der Waals surface area contributed by atoms with Crippen molar-refractivity contribution in [2.45, 2.75) is 10.9 Å². The number of ether oxygens (including phenoxy) is 1. The molecule has 8 nitrogen and oxygen atoms in total. The average molecular weight is 475 g/mol. The molecular formula is C22H23ClN4O4S. The highest BCUT2D eigenvalue weighted by atomic mass is 35.5. The van der Waals surface area contributed by atoms with Crippen molar-refractivity contribution in [1.29, 1.82) is 0 Å². The summed E-state index contributed by atoms with van der Waals surface area (Å²) in [4.78, 5) is 17.5. The van der Waals surface area contributed by atoms with E-state index in [2.05, 4.69) is 10.3 Å². The second kappa shape index (κ2) is 9.41. The summed E-state index contributed by atoms with van der Waals surface area (Å²) in [5.74, 6) is 0.219. The zero-order chi connectivity index (χ0) is 22.7. The third-order valence-corrected chi connectivity index (χ3v) is 7.69. The van der Waals surface area contributed by atoms with E-state index in [0.717, 1.165) is 5.56 Å². The molecule has 1 saturated heterocycles. The molecule has 0 saturated carbocycles. The molecule has 1 atom stereocenters. The molecular weight excluding hydrogens is 452 g/mol. The number of hydrogen-bond acceptors (Lipinski definition) is 5. The number of halogens is 1. The van der Waals surface area contributed by atoms with Gasteiger partial charge in [-0.05, 0) is 23.8 Å². The average Bonchev–Trinajstić information content (AvgIpc) is 3.24. The number of nitrogens with one attached hydrogen (secondary N) is 1. The van der Waals surface area contributed by atoms with E-state index in [1.165, 1.54) is 22.5 Å². The van der Waals surface area contributed by atoms with Crippen LogP contribution in [0.5, 0.6) is 0 Å². The summed E-state index contributed by atoms with van der Waals surface area (Å²) in [5.41, 5.74) is 1.04. The van der Waals surface area contributed by atoms with Crippen molar-refractivity contribution < 1.29 is 17.9 Å². The number of sulfonamides is 1. The van der Waals surface area contributed by atoms with Crippen molar-refractivity contribution in [1.82, 2.24) is 19.2 Å². The van der Waals surface area contributed by atoms with E-state index in [0.29, 0.717) is 19.0 Å². The number of amides is 1. The van der Waals surface area contributed by atoms with Crippen LogP contribution in [0, 0.1) is 0 Å². The number of nitrogens with zero attached hydrogens (tertiary/aromatic N) is 3. The highest BCUT2D eigenvalue weighted by Crippen LogP contribution is 2.27. The minimum absolute atomic E-state index is 0.0664. The van der Waals surface area contributed by atoms with Gasteiger partial charge in [-0.2, -0.15) is 4.31 Å². The molecule has 0 aliphatic carbocycles. The Hall–Kier alpha value is -2.72. The molecule has 2 heterocycles. The van der Waals surface area contributed by atoms with Crippen molar-refractivity contribution in [3.63, 3.8) is 0 Å². The second-order valence-electron chi connectivity index (χ2n) is 7.38. The largest absolute Gasteiger partial charge is 0.379 e. The lowest BCUT2D eigenvalue weighted by Crippen LogP contribution is -2.40. The molecule has 1 amide bonds. The van der Waals surface area contributed by atoms with Gasteiger partial charge in [0.05, 0.1) is 18.2 Å². The molecule has 1 fully saturated rings. The highest BCUT2D eigenvalue weighted by molar-refractivity contribution is 7.89. The summed E-state index contributed by atoms with van der Waals surface area (Å²) in [6.45, 7) is 1.12. The van der Waals surface area contributed by atoms with Crippen molar-refractivity contribution >= 4 is 27.5 Å². The summed E-state index contributed by atoms with van der Waals surface area (Å²) < 4.78 is 34.6. The van der Waals surface area contributed by atoms with Crippen molar-refractivity contribution in [3.8, 4) is 0 Å². The number of carbonyl (C=O) groups is 1. The van der Waals surface area contributed by atoms with E-state index in [-0.39, 0.29) is 28.6 Å². The predicted octanol–water partition coefficient (Wildman–Crippen LogP) is 2.61. The highest BCUT2D eigenvalue weighted by Gasteiger charge is 2.29. The number of benzene rings is 2. The number of hydrogen-bond donors (Lipinski definition) is 1. The van der Waals surface area contributed by atoms with Crippen LogP contribution < -0.4 is 5.32 Å². The zero-order valence-electron chi connectivity index (χ0n) is 17.4. The van der Waals surface area contributed by atoms with Gasteiger partial charge >= 0.3 is 0 Å². The number of rotatable bonds is 6. The van der Waals surface area contributed by atoms with Crippen molar-refractivity contribution in [2.75, 3.05) is 26.3 Å². The summed E-state index contributed by atoms with van der Waals surface area (Å²) in [7, 11) is -2.01. The number of carbonyl (C=O) groups excluding carboxylic acids is 1. The molecule has 0 spiro atoms. The summed E-state index contributed by atoms with van der Waals surface area (Å²) in [6.07, 6.45) is 3.46. The van der Waals surface area contributed by atoms with E-state index in [1.54, 1.807) is 12.4 Å². The van der Waals surface area contributed by atoms with Gasteiger partial charge in [0.15, 0.2) is 0 Å². The van der Waals surface area contributed by atoms with Gasteiger partial charge in [0.1, 0.15) is 16.8 Å². The van der Waals surface area contributed by atoms with Gasteiger partial charge in [-0.3, -0.25) is 4.79 Å². The Kier molecular flexibility index (Phi) is 6.61. The van der Waals surface area contributed by atoms with E-state index in [9.17, 15) is 13.2 Å². The molecule has 1 aromatic heterocycles. The quantitative estimate of drug-likeness (QED) is 0.592. The maximum atomic E-state index is 13.2. The van der Waals surface area contributed by atoms with Gasteiger partial charge in [-0.25, -0.2) is 13.4 Å². The summed E-state index contributed by atoms with van der Waals surface area (Å²) >= 11 is 6.23. The Bertz CT molecular complexity index is 1210. The Morgan fingerprint density at radius 3 is 2.53 bits per heavy atom. The first-order valence-electron chi connectivity index (χ1n) is 10.1. The van der Waals surface area contributed by atoms with Crippen LogP contribution in [0.2, 0.25) is 5.02 Å². The van der Waals surface area contributed by atoms with Crippen molar-refractivity contribution in [2.24, 2.45) is 7.05 Å². The number of imidazole rings is 1. The van der Waals surface area contributed by atoms with Gasteiger partial charge in [0.2, 0.25) is 10.0 Å². The van der Waals surface area contributed by atoms with Crippen LogP contribution in [-0.4, -0.2) is 54.5 Å². The lowest BCUT2D eigenvalue weighted by molar-refractivity contribution is 0.0730. The van der Waals surface area contributed by atoms with Crippen LogP contribution in [0.25, 0.3) is 0 Å². The van der Waals surface area contributed by atoms with Gasteiger partial charge in [0.25, 0.3) is 5.91 Å². The Labute approximate surface area is 191 Å². The Balaban J connectivity index is 1.65. The SMILES string of the molecule is Cn1ccnc1[C@@H](NC(=O)c1ccc(Cl)c(S(=O)(=O)N2CCOCC2)c1)c1ccccc1. The molecule has 4 rings (SSSR count). The molecule has 1 N–H and O–H groups in total. The monoisotopic (exact) mass is 474 g/mol. The van der Waals surface area contributed by atoms with Crippen LogP contribution >= 0.6 is 11.6 Å². The smallest absolute Gasteiger partial charge is 0.252 e. The van der Waals surface area contributed by atoms with E-state index >= 15 is 0 Å². The number of aryl methyl sites for hydroxylation is 1. The molecule has 32 heavy (non-hydrogen) atoms. The fourth-order valence-electron chi connectivity index (χ4n) is 3.58. The number of morpholine rings is 1. The van der Waals surface area contributed by atoms with Crippen LogP contribution in [-0.2, 0) is 21.8 Å². The topological polar surface area (TPSA) is 93.5 Å². The van der Waals surface area contributed by atoms with Crippen molar-refractivity contribution in [3.05, 3.63) is 82.9 Å². The van der Waals surface area contributed by atoms with Gasteiger partial charge in [0, 0.05) is 38.1 Å². The summed E-state index contributed by atoms with van der Waals surface area (Å²) in [6, 6.07) is 13.2. The van der Waals surface area contributed by atoms with Gasteiger partial charge < -0.3 is 14.6 Å². The Morgan fingerprint density at radius 2 is 1.88 bits per heavy atom. The standard InChI is InChI=1S/C22H23ClN4O4S/c1-26-10-9-24-21(26)20(16-5-3-2-4-6-16)25-22(28)17-7-8-18(23)19(15-17)32(29,30)27-11-13-31-14-12-27/h2-10,15,20H,11-14H2,1H3,(H,25,28)/t20-/m0/s1. The second-order valence-corrected chi connectivity index (χ2v) is 9.69. The lowest BCUT2D eigenvalue weighted by Gasteiger charge is -2.26. The first kappa shape index (κ1) is 22.5. The number of aromatic nitrogens is 2. The third kappa shape index (κ3) is 4.56. The maximum Gasteiger partial charge on any atom is 0.252 e. The minimum Gasteiger partial charge on any atom is -0.379 e. The van der Waals surface area contributed by atoms with E-state index < -0.39 is 22.0 Å². The van der Waals surface area contributed by atoms with Crippen LogP contribution in [0.4, 0.5) is 0 Å². The molecule has 2 aromatic carbocycles. The molecule has 3 aromatic rings. The first-order valence-corrected chi connectivity index (χ1v) is 11.9. The molecule has 1 aliphatic rings. The zero-order valence-corrected chi connectivity index (χ0v) is 19.0. The Morgan fingerprint density at radius 1 is 1.16 bits per heavy atom. The minimum atomic E-state index is -3.85. The van der Waals surface area contributed by atoms with Crippen LogP contribution in [0.1, 0.15) is 27.8 Å². The molecule has 168 valence electrons. The van der Waals surface area contributed by atoms with E-state index in [1.807, 2.05) is 41.9 Å². The lowest BCUT2D eigenvalue weighted by atomic mass is 10.1. The summed E-state index contributed by atoms with van der Waals surface area (Å²) in [5, 5.41) is 3.04. The molecule has 0 radical (unpaired) electrons. The molecule has 0 unspecified atom stereocenters. The molecule has 1 aliphatic heterocycles. The molecule has 0 bridgehead atoms. The molecule has 10 heteroatoms. The fraction of sp³-hybridized carbons (Fsp3) is 0.273. The van der Waals surface area contributed by atoms with Gasteiger partial charge in [-0.15, -0.1) is 0 Å². The fourth-order valence-corrected chi connectivity index (χ4v) is 5.49. The first-order chi connectivity index (χ1) is 15.4. The normalized spacial score (nSPS) is 15.9. The van der Waals surface area contributed by atoms with Gasteiger partial charge in [-0.1, -0.05) is 41.9 Å².